The van der Waals surface area contributed by atoms with Crippen molar-refractivity contribution in [3.63, 3.8) is 0 Å². The molecular formula is C34H59N3O9. The third-order valence-corrected chi connectivity index (χ3v) is 10.9. The maximum absolute atomic E-state index is 13.9. The molecule has 0 bridgehead atoms. The minimum atomic E-state index is -1.13. The number of methoxy groups -OCH3 is 1. The number of rotatable bonds is 8. The Morgan fingerprint density at radius 2 is 1.78 bits per heavy atom. The summed E-state index contributed by atoms with van der Waals surface area (Å²) in [4.78, 5) is 41.6. The molecule has 1 amide bonds. The molecule has 1 aliphatic carbocycles. The van der Waals surface area contributed by atoms with Crippen LogP contribution in [0.5, 0.6) is 0 Å². The fourth-order valence-electron chi connectivity index (χ4n) is 7.81. The summed E-state index contributed by atoms with van der Waals surface area (Å²) in [6.45, 7) is 11.9. The standard InChI is InChI=1S/C34H59N3O9/c1-10-26-34(6)29(36-32(41)46-34)21(4)35-18-19(2)17-33(5,42-9)30(20(3)25(38)16-27(39)44-26)45-31-28(40)24(37(7)8)15-23(43-31)14-13-22-11-12-22/h19-24,26,28-31,35,40H,10-18H2,1-9H3,(H,36,41)/t19-,20+,21-,23-,24?,26-,28-,29-,30-,31+,33-,34-/m1/s1. The first-order valence-corrected chi connectivity index (χ1v) is 17.3. The highest BCUT2D eigenvalue weighted by molar-refractivity contribution is 5.97. The summed E-state index contributed by atoms with van der Waals surface area (Å²) < 4.78 is 30.9. The van der Waals surface area contributed by atoms with E-state index >= 15 is 0 Å². The predicted octanol–water partition coefficient (Wildman–Crippen LogP) is 3.18. The van der Waals surface area contributed by atoms with Gasteiger partial charge in [0.1, 0.15) is 24.4 Å². The number of nitrogens with one attached hydrogen (secondary N) is 2. The maximum Gasteiger partial charge on any atom is 0.408 e. The molecule has 0 aromatic carbocycles. The number of nitrogens with zero attached hydrogens (tertiary/aromatic N) is 1. The van der Waals surface area contributed by atoms with Gasteiger partial charge >= 0.3 is 12.1 Å². The molecule has 4 rings (SSSR count). The van der Waals surface area contributed by atoms with Crippen molar-refractivity contribution in [3.05, 3.63) is 0 Å². The van der Waals surface area contributed by atoms with Crippen LogP contribution < -0.4 is 10.6 Å². The summed E-state index contributed by atoms with van der Waals surface area (Å²) in [5.41, 5.74) is -2.11. The van der Waals surface area contributed by atoms with Gasteiger partial charge in [0.05, 0.1) is 23.9 Å². The number of alkyl carbamates (subject to hydrolysis) is 1. The minimum absolute atomic E-state index is 0.0491. The van der Waals surface area contributed by atoms with Gasteiger partial charge in [-0.3, -0.25) is 9.59 Å². The first kappa shape index (κ1) is 37.0. The number of hydrogen-bond acceptors (Lipinski definition) is 11. The van der Waals surface area contributed by atoms with Crippen LogP contribution in [0.25, 0.3) is 0 Å². The Morgan fingerprint density at radius 3 is 2.39 bits per heavy atom. The summed E-state index contributed by atoms with van der Waals surface area (Å²) in [5.74, 6) is -1.06. The number of aliphatic hydroxyl groups excluding tert-OH is 1. The van der Waals surface area contributed by atoms with E-state index in [0.29, 0.717) is 25.8 Å². The van der Waals surface area contributed by atoms with Crippen molar-refractivity contribution in [1.82, 2.24) is 15.5 Å². The molecule has 12 nitrogen and oxygen atoms in total. The van der Waals surface area contributed by atoms with E-state index < -0.39 is 66.2 Å². The van der Waals surface area contributed by atoms with Gasteiger partial charge < -0.3 is 44.3 Å². The summed E-state index contributed by atoms with van der Waals surface area (Å²) >= 11 is 0. The molecule has 264 valence electrons. The Morgan fingerprint density at radius 1 is 1.09 bits per heavy atom. The van der Waals surface area contributed by atoms with Gasteiger partial charge in [0.2, 0.25) is 0 Å². The lowest BCUT2D eigenvalue weighted by atomic mass is 9.80. The van der Waals surface area contributed by atoms with Crippen molar-refractivity contribution in [1.29, 1.82) is 0 Å². The van der Waals surface area contributed by atoms with Crippen molar-refractivity contribution in [2.45, 2.75) is 153 Å². The second-order valence-corrected chi connectivity index (χ2v) is 15.0. The molecule has 4 aliphatic rings. The largest absolute Gasteiger partial charge is 0.458 e. The predicted molar refractivity (Wildman–Crippen MR) is 171 cm³/mol. The molecule has 3 heterocycles. The van der Waals surface area contributed by atoms with Crippen LogP contribution in [0.4, 0.5) is 4.79 Å². The average Bonchev–Trinajstić information content (AvgIpc) is 3.78. The van der Waals surface area contributed by atoms with E-state index in [9.17, 15) is 19.5 Å². The molecule has 0 aromatic rings. The molecule has 0 aromatic heterocycles. The number of carbonyl (C=O) groups is 3. The molecular weight excluding hydrogens is 594 g/mol. The molecule has 4 fully saturated rings. The highest BCUT2D eigenvalue weighted by atomic mass is 16.7. The Balaban J connectivity index is 1.63. The number of aliphatic hydroxyl groups is 1. The normalized spacial score (nSPS) is 43.2. The van der Waals surface area contributed by atoms with Gasteiger partial charge in [-0.15, -0.1) is 0 Å². The summed E-state index contributed by atoms with van der Waals surface area (Å²) in [7, 11) is 5.49. The molecule has 3 saturated heterocycles. The average molecular weight is 654 g/mol. The first-order chi connectivity index (χ1) is 21.6. The van der Waals surface area contributed by atoms with Crippen LogP contribution in [-0.2, 0) is 33.3 Å². The van der Waals surface area contributed by atoms with Crippen molar-refractivity contribution in [2.75, 3.05) is 27.7 Å². The zero-order valence-electron chi connectivity index (χ0n) is 29.4. The third-order valence-electron chi connectivity index (χ3n) is 10.9. The Labute approximate surface area is 274 Å². The van der Waals surface area contributed by atoms with E-state index in [4.69, 9.17) is 23.7 Å². The van der Waals surface area contributed by atoms with Gasteiger partial charge in [-0.25, -0.2) is 4.79 Å². The number of Topliss-reactive ketones (excluding diaryl/α,β-unsaturated/α-hetero) is 1. The smallest absolute Gasteiger partial charge is 0.408 e. The Bertz CT molecular complexity index is 1070. The molecule has 3 aliphatic heterocycles. The molecule has 1 saturated carbocycles. The topological polar surface area (TPSA) is 145 Å². The second-order valence-electron chi connectivity index (χ2n) is 15.0. The molecule has 3 N–H and O–H groups in total. The van der Waals surface area contributed by atoms with Crippen molar-refractivity contribution in [2.24, 2.45) is 17.8 Å². The highest BCUT2D eigenvalue weighted by Crippen LogP contribution is 2.39. The first-order valence-electron chi connectivity index (χ1n) is 17.3. The Hall–Kier alpha value is -1.83. The molecule has 0 spiro atoms. The molecule has 46 heavy (non-hydrogen) atoms. The van der Waals surface area contributed by atoms with E-state index in [1.54, 1.807) is 21.0 Å². The monoisotopic (exact) mass is 653 g/mol. The van der Waals surface area contributed by atoms with E-state index in [-0.39, 0.29) is 29.9 Å². The van der Waals surface area contributed by atoms with Crippen LogP contribution in [0.3, 0.4) is 0 Å². The molecule has 12 heteroatoms. The van der Waals surface area contributed by atoms with E-state index in [1.165, 1.54) is 12.8 Å². The van der Waals surface area contributed by atoms with Crippen LogP contribution in [-0.4, -0.2) is 116 Å². The fourth-order valence-corrected chi connectivity index (χ4v) is 7.81. The van der Waals surface area contributed by atoms with Crippen molar-refractivity contribution >= 4 is 17.8 Å². The second kappa shape index (κ2) is 15.2. The lowest BCUT2D eigenvalue weighted by molar-refractivity contribution is -0.298. The van der Waals surface area contributed by atoms with E-state index in [1.807, 2.05) is 39.8 Å². The van der Waals surface area contributed by atoms with Crippen molar-refractivity contribution < 1.29 is 43.2 Å². The van der Waals surface area contributed by atoms with Gasteiger partial charge in [-0.1, -0.05) is 33.6 Å². The van der Waals surface area contributed by atoms with Crippen LogP contribution in [0.15, 0.2) is 0 Å². The quantitative estimate of drug-likeness (QED) is 0.262. The van der Waals surface area contributed by atoms with Crippen molar-refractivity contribution in [3.8, 4) is 0 Å². The maximum atomic E-state index is 13.9. The SMILES string of the molecule is CC[C@H]1OC(=O)CC(=O)[C@H](C)[C@@H](O[C@@H]2O[C@H](CCC3CC3)CC(N(C)C)[C@H]2O)[C@](C)(OC)C[C@@H](C)CN[C@H](C)[C@H]2NC(=O)O[C@@]21C. The number of esters is 1. The van der Waals surface area contributed by atoms with Crippen LogP contribution in [0.2, 0.25) is 0 Å². The lowest BCUT2D eigenvalue weighted by Gasteiger charge is -2.47. The number of carbonyl (C=O) groups excluding carboxylic acids is 3. The Kier molecular flexibility index (Phi) is 12.2. The van der Waals surface area contributed by atoms with Crippen LogP contribution in [0.1, 0.15) is 92.9 Å². The van der Waals surface area contributed by atoms with Gasteiger partial charge in [-0.2, -0.15) is 0 Å². The number of amides is 1. The highest BCUT2D eigenvalue weighted by Gasteiger charge is 2.55. The third kappa shape index (κ3) is 8.41. The summed E-state index contributed by atoms with van der Waals surface area (Å²) in [5, 5.41) is 17.9. The number of cyclic esters (lactones) is 1. The number of ether oxygens (including phenoxy) is 5. The van der Waals surface area contributed by atoms with Gasteiger partial charge in [0.15, 0.2) is 11.9 Å². The number of fused-ring (bicyclic) bond motifs is 1. The van der Waals surface area contributed by atoms with Gasteiger partial charge in [0.25, 0.3) is 0 Å². The number of likely N-dealkylation sites (N-methyl/N-ethyl adjacent to an activating group) is 1. The molecule has 1 unspecified atom stereocenters. The van der Waals surface area contributed by atoms with Crippen LogP contribution >= 0.6 is 0 Å². The van der Waals surface area contributed by atoms with Crippen LogP contribution in [0, 0.1) is 17.8 Å². The van der Waals surface area contributed by atoms with Gasteiger partial charge in [-0.05, 0) is 85.4 Å². The van der Waals surface area contributed by atoms with E-state index in [2.05, 4.69) is 17.6 Å². The number of ketones is 1. The number of hydrogen-bond donors (Lipinski definition) is 3. The summed E-state index contributed by atoms with van der Waals surface area (Å²) in [6, 6.07) is -0.879. The minimum Gasteiger partial charge on any atom is -0.458 e. The zero-order valence-corrected chi connectivity index (χ0v) is 29.4. The summed E-state index contributed by atoms with van der Waals surface area (Å²) in [6.07, 6.45) is 1.40. The fraction of sp³-hybridized carbons (Fsp3) is 0.912. The zero-order chi connectivity index (χ0) is 34.0. The van der Waals surface area contributed by atoms with Gasteiger partial charge in [0, 0.05) is 25.1 Å². The lowest BCUT2D eigenvalue weighted by Crippen LogP contribution is -2.60. The van der Waals surface area contributed by atoms with E-state index in [0.717, 1.165) is 18.8 Å². The molecule has 12 atom stereocenters. The molecule has 0 radical (unpaired) electrons.